The molecule has 66 heavy (non-hydrogen) atoms. The van der Waals surface area contributed by atoms with Crippen molar-refractivity contribution in [2.45, 2.75) is 69.2 Å². The van der Waals surface area contributed by atoms with Crippen molar-refractivity contribution >= 4 is 47.7 Å². The third kappa shape index (κ3) is 8.21. The minimum Gasteiger partial charge on any atom is -0.496 e. The number of fused-ring (bicyclic) bond motifs is 2. The third-order valence-electron chi connectivity index (χ3n) is 12.1. The van der Waals surface area contributed by atoms with Gasteiger partial charge < -0.3 is 47.4 Å². The average Bonchev–Trinajstić information content (AvgIpc) is 3.96. The summed E-state index contributed by atoms with van der Waals surface area (Å²) < 4.78 is 63.0. The third-order valence-corrected chi connectivity index (χ3v) is 16.9. The van der Waals surface area contributed by atoms with Crippen molar-refractivity contribution in [3.8, 4) is 68.6 Å². The zero-order valence-corrected chi connectivity index (χ0v) is 42.4. The predicted molar refractivity (Wildman–Crippen MR) is 268 cm³/mol. The molecule has 8 rings (SSSR count). The van der Waals surface area contributed by atoms with E-state index in [1.807, 2.05) is 13.8 Å². The standard InChI is InChI=1S/C54H60O10P2/c1-15-59-41-25-43(65(37-17-29(3)47(55-11)30(4)18-37)38-19-31(5)48(56-12)32(6)20-38)45(53-51(41)61-27-63-53)46-44(26-42(60-16-2)52-54(46)64-28-62-52)66(39-21-33(7)49(57-13)34(8)22-39)40-23-35(9)50(58-14)36(10)24-40/h17-26H,15-16,27-28H2,1-14H3. The number of hydrogen-bond acceptors (Lipinski definition) is 10. The van der Waals surface area contributed by atoms with E-state index in [9.17, 15) is 0 Å². The van der Waals surface area contributed by atoms with E-state index in [0.717, 1.165) is 110 Å². The monoisotopic (exact) mass is 930 g/mol. The first-order valence-corrected chi connectivity index (χ1v) is 24.9. The highest BCUT2D eigenvalue weighted by Crippen LogP contribution is 2.58. The zero-order valence-electron chi connectivity index (χ0n) is 40.6. The summed E-state index contributed by atoms with van der Waals surface area (Å²) in [7, 11) is 4.11. The van der Waals surface area contributed by atoms with Gasteiger partial charge in [-0.25, -0.2) is 0 Å². The predicted octanol–water partition coefficient (Wildman–Crippen LogP) is 9.63. The van der Waals surface area contributed by atoms with Crippen LogP contribution in [0, 0.1) is 55.4 Å². The molecule has 0 bridgehead atoms. The SMILES string of the molecule is CCOc1cc(P(c2cc(C)c(OC)c(C)c2)c2cc(C)c(OC)c(C)c2)c(-c2c(P(c3cc(C)c(OC)c(C)c3)c3cc(C)c(OC)c(C)c3)cc(OCC)c3c2OCO3)c2c1OCO2. The largest absolute Gasteiger partial charge is 0.496 e. The van der Waals surface area contributed by atoms with Crippen molar-refractivity contribution < 1.29 is 47.4 Å². The Hall–Kier alpha value is -5.82. The maximum Gasteiger partial charge on any atom is 0.231 e. The molecule has 6 aromatic carbocycles. The molecule has 0 unspecified atom stereocenters. The molecular weight excluding hydrogens is 871 g/mol. The van der Waals surface area contributed by atoms with Gasteiger partial charge in [0, 0.05) is 21.7 Å². The molecular formula is C54H60O10P2. The Kier molecular flexibility index (Phi) is 13.6. The number of ether oxygens (including phenoxy) is 10. The highest BCUT2D eigenvalue weighted by Gasteiger charge is 2.40. The molecule has 0 atom stereocenters. The van der Waals surface area contributed by atoms with E-state index in [1.54, 1.807) is 28.4 Å². The number of hydrogen-bond donors (Lipinski definition) is 0. The highest BCUT2D eigenvalue weighted by atomic mass is 31.1. The van der Waals surface area contributed by atoms with Crippen LogP contribution in [0.3, 0.4) is 0 Å². The van der Waals surface area contributed by atoms with Crippen molar-refractivity contribution in [1.29, 1.82) is 0 Å². The van der Waals surface area contributed by atoms with Crippen LogP contribution >= 0.6 is 15.8 Å². The van der Waals surface area contributed by atoms with Gasteiger partial charge in [0.2, 0.25) is 25.1 Å². The molecule has 6 aromatic rings. The molecule has 10 nitrogen and oxygen atoms in total. The second-order valence-corrected chi connectivity index (χ2v) is 21.0. The molecule has 0 fully saturated rings. The van der Waals surface area contributed by atoms with Crippen LogP contribution in [0.1, 0.15) is 58.4 Å². The summed E-state index contributed by atoms with van der Waals surface area (Å²) in [4.78, 5) is 0. The van der Waals surface area contributed by atoms with E-state index in [-0.39, 0.29) is 13.6 Å². The fraction of sp³-hybridized carbons (Fsp3) is 0.333. The Bertz CT molecular complexity index is 2450. The van der Waals surface area contributed by atoms with Crippen LogP contribution in [0.15, 0.2) is 60.7 Å². The highest BCUT2D eigenvalue weighted by molar-refractivity contribution is 7.80. The Balaban J connectivity index is 1.58. The van der Waals surface area contributed by atoms with E-state index in [4.69, 9.17) is 47.4 Å². The first-order valence-electron chi connectivity index (χ1n) is 22.2. The molecule has 2 heterocycles. The lowest BCUT2D eigenvalue weighted by molar-refractivity contribution is 0.169. The van der Waals surface area contributed by atoms with E-state index < -0.39 is 15.8 Å². The van der Waals surface area contributed by atoms with Gasteiger partial charge in [0.15, 0.2) is 23.0 Å². The lowest BCUT2D eigenvalue weighted by atomic mass is 10.0. The van der Waals surface area contributed by atoms with Crippen LogP contribution in [-0.2, 0) is 0 Å². The number of rotatable bonds is 15. The Morgan fingerprint density at radius 2 is 0.621 bits per heavy atom. The molecule has 0 spiro atoms. The molecule has 0 radical (unpaired) electrons. The molecule has 2 aliphatic rings. The van der Waals surface area contributed by atoms with E-state index in [0.29, 0.717) is 47.7 Å². The van der Waals surface area contributed by atoms with Crippen molar-refractivity contribution in [3.05, 3.63) is 105 Å². The number of aryl methyl sites for hydroxylation is 8. The fourth-order valence-electron chi connectivity index (χ4n) is 9.78. The van der Waals surface area contributed by atoms with E-state index in [1.165, 1.54) is 0 Å². The maximum atomic E-state index is 6.74. The van der Waals surface area contributed by atoms with Gasteiger partial charge in [-0.05, 0) is 211 Å². The second-order valence-electron chi connectivity index (χ2n) is 16.7. The van der Waals surface area contributed by atoms with E-state index >= 15 is 0 Å². The number of methoxy groups -OCH3 is 4. The minimum atomic E-state index is -1.40. The normalized spacial score (nSPS) is 12.5. The van der Waals surface area contributed by atoms with Crippen LogP contribution in [0.25, 0.3) is 11.1 Å². The lowest BCUT2D eigenvalue weighted by Crippen LogP contribution is -2.28. The van der Waals surface area contributed by atoms with Crippen LogP contribution < -0.4 is 79.2 Å². The van der Waals surface area contributed by atoms with E-state index in [2.05, 4.69) is 116 Å². The summed E-state index contributed by atoms with van der Waals surface area (Å²) >= 11 is 0. The fourth-order valence-corrected chi connectivity index (χ4v) is 15.4. The van der Waals surface area contributed by atoms with Gasteiger partial charge in [0.25, 0.3) is 0 Å². The maximum absolute atomic E-state index is 6.74. The van der Waals surface area contributed by atoms with Gasteiger partial charge in [-0.1, -0.05) is 0 Å². The van der Waals surface area contributed by atoms with Gasteiger partial charge in [0.1, 0.15) is 23.0 Å². The Morgan fingerprint density at radius 3 is 0.848 bits per heavy atom. The van der Waals surface area contributed by atoms with Gasteiger partial charge in [-0.15, -0.1) is 0 Å². The molecule has 2 aliphatic heterocycles. The van der Waals surface area contributed by atoms with Crippen LogP contribution in [0.2, 0.25) is 0 Å². The van der Waals surface area contributed by atoms with Gasteiger partial charge in [-0.3, -0.25) is 0 Å². The van der Waals surface area contributed by atoms with Crippen LogP contribution in [-0.4, -0.2) is 55.2 Å². The topological polar surface area (TPSA) is 92.3 Å². The summed E-state index contributed by atoms with van der Waals surface area (Å²) in [6, 6.07) is 22.3. The summed E-state index contributed by atoms with van der Waals surface area (Å²) in [5.41, 5.74) is 9.96. The molecule has 0 saturated carbocycles. The molecule has 0 N–H and O–H groups in total. The van der Waals surface area contributed by atoms with Gasteiger partial charge in [0.05, 0.1) is 41.7 Å². The molecule has 0 aliphatic carbocycles. The molecule has 0 aromatic heterocycles. The Morgan fingerprint density at radius 1 is 0.379 bits per heavy atom. The second kappa shape index (κ2) is 19.2. The molecule has 0 saturated heterocycles. The Labute approximate surface area is 391 Å². The summed E-state index contributed by atoms with van der Waals surface area (Å²) in [6.45, 7) is 21.7. The molecule has 346 valence electrons. The quantitative estimate of drug-likeness (QED) is 0.0928. The minimum absolute atomic E-state index is 0.0136. The summed E-state index contributed by atoms with van der Waals surface area (Å²) in [6.07, 6.45) is 0. The zero-order chi connectivity index (χ0) is 47.1. The first kappa shape index (κ1) is 46.7. The number of benzene rings is 6. The summed E-state index contributed by atoms with van der Waals surface area (Å²) in [5.74, 6) is 6.87. The van der Waals surface area contributed by atoms with Crippen LogP contribution in [0.5, 0.6) is 57.5 Å². The smallest absolute Gasteiger partial charge is 0.231 e. The summed E-state index contributed by atoms with van der Waals surface area (Å²) in [5, 5.41) is 6.48. The van der Waals surface area contributed by atoms with Crippen molar-refractivity contribution in [2.24, 2.45) is 0 Å². The molecule has 0 amide bonds. The van der Waals surface area contributed by atoms with Crippen molar-refractivity contribution in [1.82, 2.24) is 0 Å². The lowest BCUT2D eigenvalue weighted by Gasteiger charge is -2.30. The van der Waals surface area contributed by atoms with Crippen molar-refractivity contribution in [3.63, 3.8) is 0 Å². The van der Waals surface area contributed by atoms with Crippen molar-refractivity contribution in [2.75, 3.05) is 55.2 Å². The van der Waals surface area contributed by atoms with Crippen LogP contribution in [0.4, 0.5) is 0 Å². The molecule has 12 heteroatoms. The van der Waals surface area contributed by atoms with Gasteiger partial charge in [-0.2, -0.15) is 0 Å². The first-order chi connectivity index (χ1) is 31.8. The van der Waals surface area contributed by atoms with Gasteiger partial charge >= 0.3 is 0 Å². The average molecular weight is 931 g/mol.